The Morgan fingerprint density at radius 1 is 1.06 bits per heavy atom. The number of hydrogen-bond donors (Lipinski definition) is 1. The fourth-order valence-electron chi connectivity index (χ4n) is 3.43. The van der Waals surface area contributed by atoms with Gasteiger partial charge in [-0.1, -0.05) is 23.8 Å². The number of nitrogens with zero attached hydrogens (tertiary/aromatic N) is 3. The molecule has 0 atom stereocenters. The molecule has 0 bridgehead atoms. The summed E-state index contributed by atoms with van der Waals surface area (Å²) in [5, 5.41) is 1.38. The van der Waals surface area contributed by atoms with E-state index in [0.29, 0.717) is 30.1 Å². The first-order valence-corrected chi connectivity index (χ1v) is 10.2. The highest BCUT2D eigenvalue weighted by Gasteiger charge is 2.32. The van der Waals surface area contributed by atoms with E-state index in [-0.39, 0.29) is 11.4 Å². The third-order valence-electron chi connectivity index (χ3n) is 5.14. The van der Waals surface area contributed by atoms with E-state index in [4.69, 9.17) is 9.57 Å². The summed E-state index contributed by atoms with van der Waals surface area (Å²) in [5.41, 5.74) is 3.34. The summed E-state index contributed by atoms with van der Waals surface area (Å²) in [6.45, 7) is 1.15. The predicted molar refractivity (Wildman–Crippen MR) is 117 cm³/mol. The van der Waals surface area contributed by atoms with Crippen molar-refractivity contribution in [2.45, 2.75) is 12.8 Å². The van der Waals surface area contributed by atoms with Crippen molar-refractivity contribution in [2.75, 3.05) is 25.2 Å². The number of ether oxygens (including phenoxy) is 1. The molecule has 0 unspecified atom stereocenters. The van der Waals surface area contributed by atoms with Gasteiger partial charge in [0.15, 0.2) is 5.70 Å². The molecule has 0 radical (unpaired) electrons. The average Bonchev–Trinajstić information content (AvgIpc) is 3.49. The average molecular weight is 434 g/mol. The van der Waals surface area contributed by atoms with Crippen molar-refractivity contribution in [3.05, 3.63) is 71.9 Å². The molecule has 2 aromatic rings. The minimum absolute atomic E-state index is 0.0299. The van der Waals surface area contributed by atoms with Crippen molar-refractivity contribution < 1.29 is 24.0 Å². The number of hydrogen-bond acceptors (Lipinski definition) is 7. The van der Waals surface area contributed by atoms with E-state index in [1.807, 2.05) is 0 Å². The highest BCUT2D eigenvalue weighted by Crippen LogP contribution is 2.25. The molecular weight excluding hydrogens is 412 g/mol. The lowest BCUT2D eigenvalue weighted by atomic mass is 10.2. The van der Waals surface area contributed by atoms with Crippen LogP contribution in [0.2, 0.25) is 0 Å². The van der Waals surface area contributed by atoms with Gasteiger partial charge in [0.2, 0.25) is 0 Å². The maximum Gasteiger partial charge on any atom is 0.376 e. The number of aliphatic imine (C=N–C) groups is 1. The number of carbonyl (C=O) groups excluding carboxylic acids is 3. The lowest BCUT2D eigenvalue weighted by molar-refractivity contribution is -0.140. The van der Waals surface area contributed by atoms with Crippen LogP contribution in [0.1, 0.15) is 23.2 Å². The molecule has 1 N–H and O–H groups in total. The standard InChI is InChI=1S/C23H22N4O5/c1-31-18-11-9-17(10-12-18)27-20(23(30)32-25-27)15-19(22(29)26-13-5-6-14-26)24-21(28)16-7-3-2-4-8-16/h2-4,7-12,15,25H,5-6,13-14H2,1H3/b20-15+,24-19?. The van der Waals surface area contributed by atoms with Gasteiger partial charge in [0.05, 0.1) is 12.8 Å². The van der Waals surface area contributed by atoms with Crippen LogP contribution < -0.4 is 15.3 Å². The van der Waals surface area contributed by atoms with Crippen LogP contribution in [0.3, 0.4) is 0 Å². The van der Waals surface area contributed by atoms with Crippen LogP contribution in [0.4, 0.5) is 5.69 Å². The predicted octanol–water partition coefficient (Wildman–Crippen LogP) is 2.27. The number of benzene rings is 2. The van der Waals surface area contributed by atoms with E-state index in [1.54, 1.807) is 66.6 Å². The SMILES string of the molecule is COc1ccc(N2NOC(=O)/C2=C\C(=NC(=O)c2ccccc2)C(=O)N2CCCC2)cc1. The van der Waals surface area contributed by atoms with Crippen molar-refractivity contribution in [1.29, 1.82) is 0 Å². The molecule has 9 heteroatoms. The second kappa shape index (κ2) is 9.44. The molecule has 9 nitrogen and oxygen atoms in total. The van der Waals surface area contributed by atoms with E-state index in [2.05, 4.69) is 10.6 Å². The summed E-state index contributed by atoms with van der Waals surface area (Å²) in [7, 11) is 1.55. The molecule has 0 spiro atoms. The monoisotopic (exact) mass is 434 g/mol. The number of methoxy groups -OCH3 is 1. The highest BCUT2D eigenvalue weighted by molar-refractivity contribution is 6.45. The zero-order valence-corrected chi connectivity index (χ0v) is 17.5. The minimum Gasteiger partial charge on any atom is -0.497 e. The van der Waals surface area contributed by atoms with Crippen LogP contribution >= 0.6 is 0 Å². The van der Waals surface area contributed by atoms with Crippen LogP contribution in [0.25, 0.3) is 0 Å². The normalized spacial score (nSPS) is 17.6. The number of carbonyl (C=O) groups is 3. The van der Waals surface area contributed by atoms with Crippen molar-refractivity contribution in [3.63, 3.8) is 0 Å². The van der Waals surface area contributed by atoms with Gasteiger partial charge in [0.1, 0.15) is 11.5 Å². The van der Waals surface area contributed by atoms with Crippen molar-refractivity contribution in [2.24, 2.45) is 4.99 Å². The molecule has 0 saturated carbocycles. The van der Waals surface area contributed by atoms with Crippen molar-refractivity contribution >= 4 is 29.2 Å². The first kappa shape index (κ1) is 21.3. The highest BCUT2D eigenvalue weighted by atomic mass is 16.7. The van der Waals surface area contributed by atoms with Crippen molar-refractivity contribution in [1.82, 2.24) is 10.5 Å². The lowest BCUT2D eigenvalue weighted by Gasteiger charge is -2.18. The Hall–Kier alpha value is -3.98. The number of likely N-dealkylation sites (tertiary alicyclic amines) is 1. The molecule has 2 saturated heterocycles. The van der Waals surface area contributed by atoms with Crippen LogP contribution in [-0.4, -0.2) is 48.6 Å². The van der Waals surface area contributed by atoms with Crippen molar-refractivity contribution in [3.8, 4) is 5.75 Å². The van der Waals surface area contributed by atoms with Gasteiger partial charge in [0, 0.05) is 24.7 Å². The van der Waals surface area contributed by atoms with E-state index >= 15 is 0 Å². The maximum atomic E-state index is 13.1. The molecule has 2 aliphatic rings. The summed E-state index contributed by atoms with van der Waals surface area (Å²) in [6.07, 6.45) is 3.04. The Morgan fingerprint density at radius 2 is 1.75 bits per heavy atom. The summed E-state index contributed by atoms with van der Waals surface area (Å²) in [6, 6.07) is 15.3. The number of rotatable bonds is 5. The maximum absolute atomic E-state index is 13.1. The molecule has 4 rings (SSSR count). The third kappa shape index (κ3) is 4.52. The van der Waals surface area contributed by atoms with Gasteiger partial charge in [-0.05, 0) is 49.2 Å². The van der Waals surface area contributed by atoms with Crippen LogP contribution in [-0.2, 0) is 14.4 Å². The van der Waals surface area contributed by atoms with E-state index < -0.39 is 17.8 Å². The Labute approximate surface area is 184 Å². The Morgan fingerprint density at radius 3 is 2.41 bits per heavy atom. The number of nitrogens with one attached hydrogen (secondary N) is 1. The largest absolute Gasteiger partial charge is 0.497 e. The second-order valence-electron chi connectivity index (χ2n) is 7.21. The summed E-state index contributed by atoms with van der Waals surface area (Å²) >= 11 is 0. The Balaban J connectivity index is 1.71. The minimum atomic E-state index is -0.699. The molecule has 0 aliphatic carbocycles. The van der Waals surface area contributed by atoms with Gasteiger partial charge in [-0.3, -0.25) is 9.59 Å². The topological polar surface area (TPSA) is 101 Å². The Kier molecular flexibility index (Phi) is 6.27. The summed E-state index contributed by atoms with van der Waals surface area (Å²) < 4.78 is 5.16. The third-order valence-corrected chi connectivity index (χ3v) is 5.14. The van der Waals surface area contributed by atoms with E-state index in [1.165, 1.54) is 11.1 Å². The first-order chi connectivity index (χ1) is 15.6. The van der Waals surface area contributed by atoms with Gasteiger partial charge in [-0.2, -0.15) is 0 Å². The van der Waals surface area contributed by atoms with Gasteiger partial charge < -0.3 is 14.5 Å². The van der Waals surface area contributed by atoms with Gasteiger partial charge >= 0.3 is 5.97 Å². The Bertz CT molecular complexity index is 1070. The molecule has 2 heterocycles. The van der Waals surface area contributed by atoms with Crippen LogP contribution in [0.5, 0.6) is 5.75 Å². The molecule has 32 heavy (non-hydrogen) atoms. The molecule has 2 aliphatic heterocycles. The van der Waals surface area contributed by atoms with E-state index in [0.717, 1.165) is 12.8 Å². The zero-order chi connectivity index (χ0) is 22.5. The molecule has 164 valence electrons. The van der Waals surface area contributed by atoms with Crippen LogP contribution in [0.15, 0.2) is 71.4 Å². The molecule has 2 aromatic carbocycles. The molecular formula is C23H22N4O5. The fraction of sp³-hybridized carbons (Fsp3) is 0.217. The summed E-state index contributed by atoms with van der Waals surface area (Å²) in [5.74, 6) is -1.03. The zero-order valence-electron chi connectivity index (χ0n) is 17.5. The van der Waals surface area contributed by atoms with Crippen LogP contribution in [0, 0.1) is 0 Å². The summed E-state index contributed by atoms with van der Waals surface area (Å²) in [4.78, 5) is 48.9. The number of hydrazine groups is 1. The van der Waals surface area contributed by atoms with Gasteiger partial charge in [-0.15, -0.1) is 0 Å². The molecule has 0 aromatic heterocycles. The second-order valence-corrected chi connectivity index (χ2v) is 7.21. The number of amides is 2. The van der Waals surface area contributed by atoms with Gasteiger partial charge in [0.25, 0.3) is 11.8 Å². The van der Waals surface area contributed by atoms with Gasteiger partial charge in [-0.25, -0.2) is 14.8 Å². The lowest BCUT2D eigenvalue weighted by Crippen LogP contribution is -2.35. The number of anilines is 1. The van der Waals surface area contributed by atoms with E-state index in [9.17, 15) is 14.4 Å². The quantitative estimate of drug-likeness (QED) is 0.569. The first-order valence-electron chi connectivity index (χ1n) is 10.2. The molecule has 2 amide bonds. The molecule has 2 fully saturated rings. The smallest absolute Gasteiger partial charge is 0.376 e. The fourth-order valence-corrected chi connectivity index (χ4v) is 3.43.